The van der Waals surface area contributed by atoms with Crippen LogP contribution in [-0.4, -0.2) is 36.2 Å². The van der Waals surface area contributed by atoms with Gasteiger partial charge in [0.25, 0.3) is 5.91 Å². The summed E-state index contributed by atoms with van der Waals surface area (Å²) in [6.07, 6.45) is 3.07. The number of ether oxygens (including phenoxy) is 2. The van der Waals surface area contributed by atoms with Crippen LogP contribution < -0.4 is 14.8 Å². The molecule has 2 fully saturated rings. The molecule has 3 amide bonds. The van der Waals surface area contributed by atoms with E-state index in [0.717, 1.165) is 17.9 Å². The highest BCUT2D eigenvalue weighted by atomic mass is 16.6. The van der Waals surface area contributed by atoms with Crippen molar-refractivity contribution in [3.8, 4) is 11.5 Å². The van der Waals surface area contributed by atoms with Crippen molar-refractivity contribution in [2.24, 2.45) is 11.0 Å². The van der Waals surface area contributed by atoms with E-state index >= 15 is 0 Å². The molecule has 2 aromatic rings. The highest BCUT2D eigenvalue weighted by Crippen LogP contribution is 2.34. The molecule has 2 aromatic carbocycles. The number of carbonyl (C=O) groups is 3. The van der Waals surface area contributed by atoms with Crippen LogP contribution in [0.2, 0.25) is 0 Å². The monoisotopic (exact) mass is 407 g/mol. The van der Waals surface area contributed by atoms with Crippen LogP contribution in [0.1, 0.15) is 30.9 Å². The van der Waals surface area contributed by atoms with E-state index in [1.165, 1.54) is 13.3 Å². The molecule has 8 nitrogen and oxygen atoms in total. The normalized spacial score (nSPS) is 21.1. The van der Waals surface area contributed by atoms with Gasteiger partial charge < -0.3 is 14.8 Å². The van der Waals surface area contributed by atoms with Gasteiger partial charge in [-0.3, -0.25) is 9.59 Å². The average molecular weight is 407 g/mol. The number of nitrogens with one attached hydrogen (secondary N) is 1. The zero-order valence-electron chi connectivity index (χ0n) is 16.6. The van der Waals surface area contributed by atoms with Crippen LogP contribution in [0.15, 0.2) is 53.6 Å². The topological polar surface area (TPSA) is 97.3 Å². The summed E-state index contributed by atoms with van der Waals surface area (Å²) in [6, 6.07) is 13.3. The Morgan fingerprint density at radius 2 is 1.90 bits per heavy atom. The first-order valence-corrected chi connectivity index (χ1v) is 9.58. The molecule has 8 heteroatoms. The Morgan fingerprint density at radius 1 is 1.17 bits per heavy atom. The summed E-state index contributed by atoms with van der Waals surface area (Å²) in [4.78, 5) is 37.1. The van der Waals surface area contributed by atoms with Crippen molar-refractivity contribution in [2.45, 2.75) is 25.3 Å². The lowest BCUT2D eigenvalue weighted by molar-refractivity contribution is -0.136. The molecule has 1 aliphatic carbocycles. The molecule has 0 bridgehead atoms. The average Bonchev–Trinajstić information content (AvgIpc) is 3.57. The van der Waals surface area contributed by atoms with Crippen LogP contribution >= 0.6 is 0 Å². The van der Waals surface area contributed by atoms with Crippen molar-refractivity contribution in [2.75, 3.05) is 7.11 Å². The van der Waals surface area contributed by atoms with Crippen molar-refractivity contribution in [3.05, 3.63) is 59.7 Å². The molecule has 0 spiro atoms. The van der Waals surface area contributed by atoms with Gasteiger partial charge in [0.1, 0.15) is 5.54 Å². The van der Waals surface area contributed by atoms with Gasteiger partial charge >= 0.3 is 12.0 Å². The van der Waals surface area contributed by atoms with Gasteiger partial charge in [0, 0.05) is 0 Å². The first-order valence-electron chi connectivity index (χ1n) is 9.58. The Labute approximate surface area is 173 Å². The molecule has 1 saturated heterocycles. The van der Waals surface area contributed by atoms with Crippen molar-refractivity contribution < 1.29 is 23.9 Å². The number of amides is 3. The van der Waals surface area contributed by atoms with Gasteiger partial charge in [0.05, 0.1) is 19.2 Å². The quantitative estimate of drug-likeness (QED) is 0.344. The van der Waals surface area contributed by atoms with Crippen LogP contribution in [0, 0.1) is 5.92 Å². The Bertz CT molecular complexity index is 1030. The van der Waals surface area contributed by atoms with Gasteiger partial charge in [-0.15, -0.1) is 5.01 Å². The molecule has 2 aliphatic rings. The number of hydrazone groups is 1. The number of imide groups is 1. The fraction of sp³-hybridized carbons (Fsp3) is 0.273. The molecule has 1 aliphatic heterocycles. The molecule has 30 heavy (non-hydrogen) atoms. The summed E-state index contributed by atoms with van der Waals surface area (Å²) >= 11 is 0. The Morgan fingerprint density at radius 3 is 2.57 bits per heavy atom. The van der Waals surface area contributed by atoms with Gasteiger partial charge in [-0.2, -0.15) is 5.10 Å². The number of hydrogen-bond donors (Lipinski definition) is 1. The standard InChI is InChI=1S/C22H21N3O5/c1-22(16-6-4-3-5-7-16)20(27)25(21(28)24-22)23-13-14-8-11-17(18(12-14)29-2)30-19(26)15-9-10-15/h3-8,11-13,15H,9-10H2,1-2H3,(H,24,28)/b23-13-/t22-/m1/s1. The largest absolute Gasteiger partial charge is 0.493 e. The van der Waals surface area contributed by atoms with E-state index in [9.17, 15) is 14.4 Å². The first kappa shape index (κ1) is 19.6. The van der Waals surface area contributed by atoms with Gasteiger partial charge in [-0.25, -0.2) is 4.79 Å². The van der Waals surface area contributed by atoms with Gasteiger partial charge in [-0.05, 0) is 49.1 Å². The lowest BCUT2D eigenvalue weighted by Gasteiger charge is -2.20. The second kappa shape index (κ2) is 7.62. The van der Waals surface area contributed by atoms with E-state index in [-0.39, 0.29) is 11.9 Å². The minimum Gasteiger partial charge on any atom is -0.493 e. The third-order valence-electron chi connectivity index (χ3n) is 5.15. The van der Waals surface area contributed by atoms with E-state index in [1.807, 2.05) is 6.07 Å². The third-order valence-corrected chi connectivity index (χ3v) is 5.15. The smallest absolute Gasteiger partial charge is 0.346 e. The third kappa shape index (κ3) is 3.63. The first-order chi connectivity index (χ1) is 14.4. The van der Waals surface area contributed by atoms with Gasteiger partial charge in [-0.1, -0.05) is 30.3 Å². The van der Waals surface area contributed by atoms with Crippen LogP contribution in [0.25, 0.3) is 0 Å². The molecule has 1 N–H and O–H groups in total. The molecular weight excluding hydrogens is 386 g/mol. The number of nitrogens with zero attached hydrogens (tertiary/aromatic N) is 2. The minimum atomic E-state index is -1.19. The van der Waals surface area contributed by atoms with Gasteiger partial charge in [0.15, 0.2) is 11.5 Å². The molecular formula is C22H21N3O5. The van der Waals surface area contributed by atoms with Crippen LogP contribution in [0.3, 0.4) is 0 Å². The molecule has 0 radical (unpaired) electrons. The summed E-state index contributed by atoms with van der Waals surface area (Å²) in [6.45, 7) is 1.64. The van der Waals surface area contributed by atoms with Crippen molar-refractivity contribution in [1.29, 1.82) is 0 Å². The fourth-order valence-corrected chi connectivity index (χ4v) is 3.18. The van der Waals surface area contributed by atoms with Crippen LogP contribution in [0.4, 0.5) is 4.79 Å². The van der Waals surface area contributed by atoms with E-state index in [4.69, 9.17) is 9.47 Å². The summed E-state index contributed by atoms with van der Waals surface area (Å²) in [5.74, 6) is -0.0989. The van der Waals surface area contributed by atoms with Gasteiger partial charge in [0.2, 0.25) is 0 Å². The maximum atomic E-state index is 12.9. The Hall–Kier alpha value is -3.68. The van der Waals surface area contributed by atoms with E-state index in [0.29, 0.717) is 22.6 Å². The second-order valence-electron chi connectivity index (χ2n) is 7.39. The molecule has 1 heterocycles. The second-order valence-corrected chi connectivity index (χ2v) is 7.39. The van der Waals surface area contributed by atoms with E-state index in [1.54, 1.807) is 49.4 Å². The number of esters is 1. The SMILES string of the molecule is COc1cc(/C=N\N2C(=O)N[C@](C)(c3ccccc3)C2=O)ccc1OC(=O)C1CC1. The number of hydrogen-bond acceptors (Lipinski definition) is 6. The highest BCUT2D eigenvalue weighted by Gasteiger charge is 2.49. The number of urea groups is 1. The van der Waals surface area contributed by atoms with E-state index in [2.05, 4.69) is 10.4 Å². The number of benzene rings is 2. The molecule has 4 rings (SSSR count). The molecule has 0 unspecified atom stereocenters. The highest BCUT2D eigenvalue weighted by molar-refractivity contribution is 6.07. The zero-order valence-corrected chi connectivity index (χ0v) is 16.6. The fourth-order valence-electron chi connectivity index (χ4n) is 3.18. The molecule has 154 valence electrons. The number of methoxy groups -OCH3 is 1. The molecule has 0 aromatic heterocycles. The predicted molar refractivity (Wildman–Crippen MR) is 108 cm³/mol. The van der Waals surface area contributed by atoms with Crippen LogP contribution in [0.5, 0.6) is 11.5 Å². The van der Waals surface area contributed by atoms with E-state index < -0.39 is 17.5 Å². The number of carbonyl (C=O) groups excluding carboxylic acids is 3. The van der Waals surface area contributed by atoms with Crippen molar-refractivity contribution in [3.63, 3.8) is 0 Å². The lowest BCUT2D eigenvalue weighted by Crippen LogP contribution is -2.40. The zero-order chi connectivity index (χ0) is 21.3. The maximum absolute atomic E-state index is 12.9. The minimum absolute atomic E-state index is 0.0328. The summed E-state index contributed by atoms with van der Waals surface area (Å²) < 4.78 is 10.7. The lowest BCUT2D eigenvalue weighted by atomic mass is 9.92. The predicted octanol–water partition coefficient (Wildman–Crippen LogP) is 2.81. The maximum Gasteiger partial charge on any atom is 0.346 e. The Balaban J connectivity index is 1.52. The molecule has 1 atom stereocenters. The van der Waals surface area contributed by atoms with Crippen molar-refractivity contribution in [1.82, 2.24) is 10.3 Å². The summed E-state index contributed by atoms with van der Waals surface area (Å²) in [5.41, 5.74) is 0.0605. The Kier molecular flexibility index (Phi) is 4.99. The number of rotatable bonds is 6. The summed E-state index contributed by atoms with van der Waals surface area (Å²) in [5, 5.41) is 7.56. The summed E-state index contributed by atoms with van der Waals surface area (Å²) in [7, 11) is 1.47. The van der Waals surface area contributed by atoms with Crippen molar-refractivity contribution >= 4 is 24.1 Å². The molecule has 1 saturated carbocycles. The van der Waals surface area contributed by atoms with Crippen LogP contribution in [-0.2, 0) is 15.1 Å².